The second kappa shape index (κ2) is 7.44. The fourth-order valence-electron chi connectivity index (χ4n) is 4.30. The molecule has 0 unspecified atom stereocenters. The highest BCUT2D eigenvalue weighted by Gasteiger charge is 2.18. The normalized spacial score (nSPS) is 14.6. The van der Waals surface area contributed by atoms with E-state index in [0.29, 0.717) is 0 Å². The van der Waals surface area contributed by atoms with E-state index in [1.54, 1.807) is 0 Å². The van der Waals surface area contributed by atoms with Crippen LogP contribution in [0, 0.1) is 13.8 Å². The number of hydrogen-bond donors (Lipinski definition) is 1. The first-order chi connectivity index (χ1) is 14.6. The average Bonchev–Trinajstić information content (AvgIpc) is 3.23. The first-order valence-electron chi connectivity index (χ1n) is 10.4. The zero-order chi connectivity index (χ0) is 20.7. The lowest BCUT2D eigenvalue weighted by molar-refractivity contribution is 0.571. The maximum Gasteiger partial charge on any atom is 0.157 e. The molecule has 0 spiro atoms. The molecule has 0 aliphatic carbocycles. The Kier molecular flexibility index (Phi) is 4.62. The van der Waals surface area contributed by atoms with Crippen molar-refractivity contribution in [2.75, 3.05) is 16.8 Å². The number of hydrogen-bond acceptors (Lipinski definition) is 5. The number of imidazole rings is 1. The van der Waals surface area contributed by atoms with Crippen molar-refractivity contribution in [2.24, 2.45) is 0 Å². The average molecular weight is 399 g/mol. The van der Waals surface area contributed by atoms with Gasteiger partial charge in [-0.25, -0.2) is 4.98 Å². The lowest BCUT2D eigenvalue weighted by atomic mass is 9.98. The van der Waals surface area contributed by atoms with Crippen molar-refractivity contribution in [3.8, 4) is 0 Å². The number of nitrogens with zero attached hydrogens (tertiary/aromatic N) is 5. The van der Waals surface area contributed by atoms with Crippen LogP contribution < -0.4 is 10.2 Å². The molecule has 2 aromatic carbocycles. The standard InChI is InChI=1S/C24H26N6/c1-16-5-4-6-22(17(16)2)18(3)27-24-23-11-20(8-7-19(23)12-26-28-24)29-9-10-30-15-25-13-21(30)14-29/h4-8,11-13,15,18H,9-10,14H2,1-3H3,(H,27,28)/t18-/m1/s1. The van der Waals surface area contributed by atoms with Gasteiger partial charge in [0, 0.05) is 35.7 Å². The third-order valence-corrected chi connectivity index (χ3v) is 6.24. The molecule has 4 aromatic rings. The van der Waals surface area contributed by atoms with Gasteiger partial charge < -0.3 is 14.8 Å². The number of aromatic nitrogens is 4. The predicted molar refractivity (Wildman–Crippen MR) is 121 cm³/mol. The molecule has 30 heavy (non-hydrogen) atoms. The van der Waals surface area contributed by atoms with Gasteiger partial charge in [-0.15, -0.1) is 5.10 Å². The van der Waals surface area contributed by atoms with Gasteiger partial charge in [0.1, 0.15) is 0 Å². The van der Waals surface area contributed by atoms with Crippen molar-refractivity contribution in [3.63, 3.8) is 0 Å². The Morgan fingerprint density at radius 3 is 2.87 bits per heavy atom. The summed E-state index contributed by atoms with van der Waals surface area (Å²) in [7, 11) is 0. The first-order valence-corrected chi connectivity index (χ1v) is 10.4. The topological polar surface area (TPSA) is 58.9 Å². The molecular formula is C24H26N6. The number of nitrogens with one attached hydrogen (secondary N) is 1. The molecule has 2 aromatic heterocycles. The van der Waals surface area contributed by atoms with Crippen LogP contribution in [0.1, 0.15) is 35.3 Å². The molecular weight excluding hydrogens is 372 g/mol. The zero-order valence-electron chi connectivity index (χ0n) is 17.6. The summed E-state index contributed by atoms with van der Waals surface area (Å²) in [5.41, 5.74) is 6.35. The van der Waals surface area contributed by atoms with E-state index >= 15 is 0 Å². The smallest absolute Gasteiger partial charge is 0.157 e. The summed E-state index contributed by atoms with van der Waals surface area (Å²) < 4.78 is 2.22. The van der Waals surface area contributed by atoms with Gasteiger partial charge in [0.05, 0.1) is 30.8 Å². The van der Waals surface area contributed by atoms with Crippen LogP contribution in [0.5, 0.6) is 0 Å². The Morgan fingerprint density at radius 2 is 1.97 bits per heavy atom. The van der Waals surface area contributed by atoms with Crippen LogP contribution in [0.4, 0.5) is 11.5 Å². The second-order valence-electron chi connectivity index (χ2n) is 8.12. The lowest BCUT2D eigenvalue weighted by Gasteiger charge is -2.30. The Hall–Kier alpha value is -3.41. The Balaban J connectivity index is 1.47. The minimum atomic E-state index is 0.137. The lowest BCUT2D eigenvalue weighted by Crippen LogP contribution is -2.32. The number of aryl methyl sites for hydroxylation is 1. The van der Waals surface area contributed by atoms with Crippen molar-refractivity contribution in [1.29, 1.82) is 0 Å². The van der Waals surface area contributed by atoms with E-state index in [4.69, 9.17) is 0 Å². The van der Waals surface area contributed by atoms with Crippen molar-refractivity contribution in [1.82, 2.24) is 19.7 Å². The van der Waals surface area contributed by atoms with Crippen LogP contribution >= 0.6 is 0 Å². The minimum Gasteiger partial charge on any atom is -0.364 e. The van der Waals surface area contributed by atoms with Gasteiger partial charge in [0.25, 0.3) is 0 Å². The Morgan fingerprint density at radius 1 is 1.07 bits per heavy atom. The van der Waals surface area contributed by atoms with Crippen LogP contribution in [0.3, 0.4) is 0 Å². The highest BCUT2D eigenvalue weighted by Crippen LogP contribution is 2.30. The van der Waals surface area contributed by atoms with Crippen molar-refractivity contribution >= 4 is 22.3 Å². The number of anilines is 2. The maximum atomic E-state index is 4.44. The third-order valence-electron chi connectivity index (χ3n) is 6.24. The van der Waals surface area contributed by atoms with Gasteiger partial charge in [0.15, 0.2) is 5.82 Å². The van der Waals surface area contributed by atoms with E-state index in [1.165, 1.54) is 28.1 Å². The monoisotopic (exact) mass is 398 g/mol. The summed E-state index contributed by atoms with van der Waals surface area (Å²) in [6.45, 7) is 9.30. The van der Waals surface area contributed by atoms with Gasteiger partial charge in [0.2, 0.25) is 0 Å². The van der Waals surface area contributed by atoms with E-state index in [-0.39, 0.29) is 6.04 Å². The molecule has 3 heterocycles. The molecule has 0 saturated heterocycles. The summed E-state index contributed by atoms with van der Waals surface area (Å²) in [4.78, 5) is 6.68. The molecule has 5 rings (SSSR count). The van der Waals surface area contributed by atoms with Crippen LogP contribution in [0.2, 0.25) is 0 Å². The molecule has 0 amide bonds. The summed E-state index contributed by atoms with van der Waals surface area (Å²) in [6, 6.07) is 13.1. The maximum absolute atomic E-state index is 4.44. The van der Waals surface area contributed by atoms with Crippen LogP contribution in [0.25, 0.3) is 10.8 Å². The summed E-state index contributed by atoms with van der Waals surface area (Å²) in [5.74, 6) is 0.824. The molecule has 1 N–H and O–H groups in total. The quantitative estimate of drug-likeness (QED) is 0.543. The number of benzene rings is 2. The predicted octanol–water partition coefficient (Wildman–Crippen LogP) is 4.64. The molecule has 6 nitrogen and oxygen atoms in total. The van der Waals surface area contributed by atoms with E-state index < -0.39 is 0 Å². The fourth-order valence-corrected chi connectivity index (χ4v) is 4.30. The minimum absolute atomic E-state index is 0.137. The van der Waals surface area contributed by atoms with Crippen LogP contribution in [-0.2, 0) is 13.1 Å². The largest absolute Gasteiger partial charge is 0.364 e. The summed E-state index contributed by atoms with van der Waals surface area (Å²) in [6.07, 6.45) is 5.70. The molecule has 0 saturated carbocycles. The van der Waals surface area contributed by atoms with Gasteiger partial charge in [-0.1, -0.05) is 24.3 Å². The summed E-state index contributed by atoms with van der Waals surface area (Å²) in [5, 5.41) is 14.5. The third kappa shape index (κ3) is 3.28. The molecule has 152 valence electrons. The molecule has 1 atom stereocenters. The van der Waals surface area contributed by atoms with Crippen molar-refractivity contribution in [3.05, 3.63) is 77.5 Å². The van der Waals surface area contributed by atoms with E-state index in [9.17, 15) is 0 Å². The zero-order valence-corrected chi connectivity index (χ0v) is 17.6. The molecule has 1 aliphatic rings. The molecule has 6 heteroatoms. The molecule has 0 fully saturated rings. The number of fused-ring (bicyclic) bond motifs is 2. The second-order valence-corrected chi connectivity index (χ2v) is 8.12. The molecule has 0 radical (unpaired) electrons. The van der Waals surface area contributed by atoms with E-state index in [1.807, 2.05) is 18.7 Å². The van der Waals surface area contributed by atoms with Crippen LogP contribution in [0.15, 0.2) is 55.1 Å². The first kappa shape index (κ1) is 18.6. The summed E-state index contributed by atoms with van der Waals surface area (Å²) >= 11 is 0. The highest BCUT2D eigenvalue weighted by atomic mass is 15.2. The molecule has 1 aliphatic heterocycles. The number of rotatable bonds is 4. The Labute approximate surface area is 176 Å². The van der Waals surface area contributed by atoms with Gasteiger partial charge in [-0.3, -0.25) is 0 Å². The van der Waals surface area contributed by atoms with E-state index in [0.717, 1.165) is 36.2 Å². The van der Waals surface area contributed by atoms with Crippen molar-refractivity contribution < 1.29 is 0 Å². The van der Waals surface area contributed by atoms with Gasteiger partial charge in [-0.05, 0) is 49.6 Å². The van der Waals surface area contributed by atoms with Gasteiger partial charge in [-0.2, -0.15) is 5.10 Å². The highest BCUT2D eigenvalue weighted by molar-refractivity contribution is 5.93. The molecule has 0 bridgehead atoms. The van der Waals surface area contributed by atoms with Crippen molar-refractivity contribution in [2.45, 2.75) is 39.9 Å². The van der Waals surface area contributed by atoms with Gasteiger partial charge >= 0.3 is 0 Å². The van der Waals surface area contributed by atoms with Crippen LogP contribution in [-0.4, -0.2) is 26.3 Å². The van der Waals surface area contributed by atoms with E-state index in [2.05, 4.69) is 87.1 Å². The fraction of sp³-hybridized carbons (Fsp3) is 0.292. The SMILES string of the molecule is Cc1cccc([C@@H](C)Nc2nncc3ccc(N4CCn5cncc5C4)cc23)c1C. The Bertz CT molecular complexity index is 1210.